The largest absolute Gasteiger partial charge is 0.481 e. The molecule has 1 unspecified atom stereocenters. The van der Waals surface area contributed by atoms with E-state index in [4.69, 9.17) is 9.84 Å². The lowest BCUT2D eigenvalue weighted by molar-refractivity contribution is -0.141. The number of hydrogen-bond acceptors (Lipinski definition) is 5. The number of tetrazole rings is 1. The van der Waals surface area contributed by atoms with Gasteiger partial charge in [-0.25, -0.2) is 4.68 Å². The lowest BCUT2D eigenvalue weighted by Gasteiger charge is -2.19. The number of hydrogen-bond donors (Lipinski definition) is 1. The van der Waals surface area contributed by atoms with Gasteiger partial charge >= 0.3 is 5.97 Å². The van der Waals surface area contributed by atoms with Crippen LogP contribution in [0.4, 0.5) is 0 Å². The quantitative estimate of drug-likeness (QED) is 0.817. The highest BCUT2D eigenvalue weighted by molar-refractivity contribution is 5.69. The summed E-state index contributed by atoms with van der Waals surface area (Å²) < 4.78 is 7.01. The smallest absolute Gasteiger partial charge is 0.308 e. The summed E-state index contributed by atoms with van der Waals surface area (Å²) in [6.45, 7) is 7.91. The molecular weight excluding hydrogens is 224 g/mol. The van der Waals surface area contributed by atoms with Crippen molar-refractivity contribution in [2.24, 2.45) is 5.92 Å². The van der Waals surface area contributed by atoms with Gasteiger partial charge in [-0.15, -0.1) is 5.10 Å². The van der Waals surface area contributed by atoms with E-state index in [2.05, 4.69) is 15.5 Å². The van der Waals surface area contributed by atoms with Gasteiger partial charge < -0.3 is 9.84 Å². The Bertz CT molecular complexity index is 383. The van der Waals surface area contributed by atoms with Crippen molar-refractivity contribution in [3.05, 3.63) is 5.82 Å². The van der Waals surface area contributed by atoms with Gasteiger partial charge in [0.15, 0.2) is 5.82 Å². The molecule has 96 valence electrons. The van der Waals surface area contributed by atoms with Crippen molar-refractivity contribution in [3.63, 3.8) is 0 Å². The first-order valence-electron chi connectivity index (χ1n) is 5.41. The number of carboxylic acid groups (broad SMARTS) is 1. The van der Waals surface area contributed by atoms with E-state index in [1.165, 1.54) is 4.68 Å². The Balaban J connectivity index is 2.63. The molecule has 1 atom stereocenters. The van der Waals surface area contributed by atoms with Crippen molar-refractivity contribution in [3.8, 4) is 0 Å². The van der Waals surface area contributed by atoms with Crippen molar-refractivity contribution in [2.45, 2.75) is 46.4 Å². The first kappa shape index (κ1) is 13.6. The van der Waals surface area contributed by atoms with Gasteiger partial charge in [0, 0.05) is 0 Å². The molecule has 7 nitrogen and oxygen atoms in total. The number of aliphatic carboxylic acids is 1. The third-order valence-electron chi connectivity index (χ3n) is 2.11. The van der Waals surface area contributed by atoms with Crippen molar-refractivity contribution in [1.29, 1.82) is 0 Å². The second-order valence-electron chi connectivity index (χ2n) is 4.92. The Morgan fingerprint density at radius 1 is 1.53 bits per heavy atom. The monoisotopic (exact) mass is 242 g/mol. The van der Waals surface area contributed by atoms with E-state index < -0.39 is 11.9 Å². The van der Waals surface area contributed by atoms with E-state index in [0.717, 1.165) is 0 Å². The Morgan fingerprint density at radius 3 is 2.71 bits per heavy atom. The second kappa shape index (κ2) is 5.22. The molecule has 1 heterocycles. The van der Waals surface area contributed by atoms with Crippen LogP contribution in [0, 0.1) is 5.92 Å². The van der Waals surface area contributed by atoms with Crippen molar-refractivity contribution < 1.29 is 14.6 Å². The van der Waals surface area contributed by atoms with Gasteiger partial charge in [0.1, 0.15) is 6.61 Å². The van der Waals surface area contributed by atoms with Crippen LogP contribution in [0.25, 0.3) is 0 Å². The van der Waals surface area contributed by atoms with Gasteiger partial charge in [0.25, 0.3) is 0 Å². The maximum absolute atomic E-state index is 10.7. The van der Waals surface area contributed by atoms with Crippen LogP contribution in [-0.2, 0) is 22.7 Å². The summed E-state index contributed by atoms with van der Waals surface area (Å²) in [5, 5.41) is 19.9. The molecule has 1 aromatic heterocycles. The van der Waals surface area contributed by atoms with Crippen LogP contribution in [0.5, 0.6) is 0 Å². The zero-order valence-corrected chi connectivity index (χ0v) is 10.5. The molecule has 0 fully saturated rings. The fourth-order valence-electron chi connectivity index (χ4n) is 1.09. The van der Waals surface area contributed by atoms with Crippen molar-refractivity contribution in [1.82, 2.24) is 20.2 Å². The minimum absolute atomic E-state index is 0.241. The highest BCUT2D eigenvalue weighted by Gasteiger charge is 2.17. The van der Waals surface area contributed by atoms with Gasteiger partial charge in [-0.3, -0.25) is 4.79 Å². The molecular formula is C10H18N4O3. The molecule has 0 aliphatic rings. The van der Waals surface area contributed by atoms with Gasteiger partial charge in [-0.1, -0.05) is 6.92 Å². The normalized spacial score (nSPS) is 13.6. The fraction of sp³-hybridized carbons (Fsp3) is 0.800. The molecule has 0 radical (unpaired) electrons. The number of carboxylic acids is 1. The van der Waals surface area contributed by atoms with Crippen LogP contribution in [0.2, 0.25) is 0 Å². The topological polar surface area (TPSA) is 90.1 Å². The zero-order chi connectivity index (χ0) is 13.1. The molecule has 0 saturated heterocycles. The average Bonchev–Trinajstić information content (AvgIpc) is 2.61. The molecule has 0 aromatic carbocycles. The van der Waals surface area contributed by atoms with Gasteiger partial charge in [0.2, 0.25) is 0 Å². The summed E-state index contributed by atoms with van der Waals surface area (Å²) in [5.74, 6) is -0.872. The van der Waals surface area contributed by atoms with Crippen molar-refractivity contribution >= 4 is 5.97 Å². The average molecular weight is 242 g/mol. The summed E-state index contributed by atoms with van der Waals surface area (Å²) in [4.78, 5) is 10.7. The molecule has 0 saturated carbocycles. The minimum Gasteiger partial charge on any atom is -0.481 e. The van der Waals surface area contributed by atoms with Gasteiger partial charge in [0.05, 0.1) is 18.1 Å². The number of carbonyl (C=O) groups is 1. The second-order valence-corrected chi connectivity index (χ2v) is 4.92. The number of rotatable bonds is 5. The van der Waals surface area contributed by atoms with Crippen molar-refractivity contribution in [2.75, 3.05) is 0 Å². The fourth-order valence-corrected chi connectivity index (χ4v) is 1.09. The van der Waals surface area contributed by atoms with Crippen LogP contribution in [0.1, 0.15) is 33.5 Å². The first-order chi connectivity index (χ1) is 7.79. The van der Waals surface area contributed by atoms with Crippen LogP contribution in [0.15, 0.2) is 0 Å². The number of aromatic nitrogens is 4. The summed E-state index contributed by atoms with van der Waals surface area (Å²) in [6.07, 6.45) is 0. The third kappa shape index (κ3) is 4.48. The lowest BCUT2D eigenvalue weighted by atomic mass is 10.2. The zero-order valence-electron chi connectivity index (χ0n) is 10.5. The van der Waals surface area contributed by atoms with Crippen LogP contribution in [0.3, 0.4) is 0 Å². The lowest BCUT2D eigenvalue weighted by Crippen LogP contribution is -2.23. The highest BCUT2D eigenvalue weighted by Crippen LogP contribution is 2.10. The number of ether oxygens (including phenoxy) is 1. The van der Waals surface area contributed by atoms with Crippen LogP contribution >= 0.6 is 0 Å². The molecule has 1 N–H and O–H groups in total. The Hall–Kier alpha value is -1.50. The molecule has 1 aromatic rings. The molecule has 17 heavy (non-hydrogen) atoms. The van der Waals surface area contributed by atoms with E-state index in [1.807, 2.05) is 20.8 Å². The predicted molar refractivity (Wildman–Crippen MR) is 59.2 cm³/mol. The van der Waals surface area contributed by atoms with E-state index in [0.29, 0.717) is 5.82 Å². The third-order valence-corrected chi connectivity index (χ3v) is 2.11. The molecule has 0 amide bonds. The molecule has 0 aliphatic heterocycles. The maximum atomic E-state index is 10.7. The SMILES string of the molecule is CC(Cn1nnnc1COC(C)(C)C)C(=O)O. The maximum Gasteiger partial charge on any atom is 0.308 e. The summed E-state index contributed by atoms with van der Waals surface area (Å²) >= 11 is 0. The van der Waals surface area contributed by atoms with Crippen LogP contribution < -0.4 is 0 Å². The van der Waals surface area contributed by atoms with Gasteiger partial charge in [-0.05, 0) is 31.2 Å². The standard InChI is InChI=1S/C10H18N4O3/c1-7(9(15)16)5-14-8(11-12-13-14)6-17-10(2,3)4/h7H,5-6H2,1-4H3,(H,15,16). The van der Waals surface area contributed by atoms with E-state index >= 15 is 0 Å². The van der Waals surface area contributed by atoms with E-state index in [9.17, 15) is 4.79 Å². The highest BCUT2D eigenvalue weighted by atomic mass is 16.5. The Labute approximate surface area is 99.8 Å². The summed E-state index contributed by atoms with van der Waals surface area (Å²) in [5.41, 5.74) is -0.283. The van der Waals surface area contributed by atoms with Crippen LogP contribution in [-0.4, -0.2) is 36.9 Å². The molecule has 0 spiro atoms. The first-order valence-corrected chi connectivity index (χ1v) is 5.41. The van der Waals surface area contributed by atoms with E-state index in [1.54, 1.807) is 6.92 Å². The minimum atomic E-state index is -0.872. The van der Waals surface area contributed by atoms with E-state index in [-0.39, 0.29) is 18.8 Å². The summed E-state index contributed by atoms with van der Waals surface area (Å²) in [6, 6.07) is 0. The predicted octanol–water partition coefficient (Wildman–Crippen LogP) is 0.709. The molecule has 0 aliphatic carbocycles. The summed E-state index contributed by atoms with van der Waals surface area (Å²) in [7, 11) is 0. The number of nitrogens with zero attached hydrogens (tertiary/aromatic N) is 4. The Kier molecular flexibility index (Phi) is 4.17. The molecule has 0 bridgehead atoms. The Morgan fingerprint density at radius 2 is 2.18 bits per heavy atom. The van der Waals surface area contributed by atoms with Gasteiger partial charge in [-0.2, -0.15) is 0 Å². The molecule has 1 rings (SSSR count). The molecule has 7 heteroatoms.